The number of benzene rings is 1. The number of methoxy groups -OCH3 is 2. The number of carbonyl (C=O) groups excluding carboxylic acids is 2. The predicted molar refractivity (Wildman–Crippen MR) is 132 cm³/mol. The van der Waals surface area contributed by atoms with E-state index in [0.717, 1.165) is 30.4 Å². The fraction of sp³-hybridized carbons (Fsp3) is 0.462. The minimum Gasteiger partial charge on any atom is -0.493 e. The van der Waals surface area contributed by atoms with E-state index in [1.165, 1.54) is 22.3 Å². The first kappa shape index (κ1) is 24.8. The van der Waals surface area contributed by atoms with Gasteiger partial charge in [-0.3, -0.25) is 4.79 Å². The van der Waals surface area contributed by atoms with E-state index in [1.807, 2.05) is 6.07 Å². The van der Waals surface area contributed by atoms with Crippen LogP contribution in [-0.2, 0) is 22.4 Å². The Morgan fingerprint density at radius 1 is 1.18 bits per heavy atom. The molecule has 1 aromatic heterocycles. The summed E-state index contributed by atoms with van der Waals surface area (Å²) < 4.78 is 15.9. The Morgan fingerprint density at radius 3 is 2.55 bits per heavy atom. The van der Waals surface area contributed by atoms with E-state index < -0.39 is 0 Å². The van der Waals surface area contributed by atoms with Crippen molar-refractivity contribution < 1.29 is 23.8 Å². The van der Waals surface area contributed by atoms with Crippen molar-refractivity contribution in [3.63, 3.8) is 0 Å². The molecule has 6 nitrogen and oxygen atoms in total. The van der Waals surface area contributed by atoms with Crippen LogP contribution in [0.4, 0.5) is 5.00 Å². The molecule has 1 heterocycles. The first-order valence-corrected chi connectivity index (χ1v) is 12.0. The van der Waals surface area contributed by atoms with Gasteiger partial charge in [0.15, 0.2) is 11.5 Å². The number of fused-ring (bicyclic) bond motifs is 1. The van der Waals surface area contributed by atoms with Gasteiger partial charge in [-0.05, 0) is 66.9 Å². The standard InChI is InChI=1S/C26H33NO5S/c1-7-32-25(29)23-18-11-10-17(26(2,3)4)15-21(18)33-24(23)27-22(28)13-9-16-8-12-19(30-5)20(14-16)31-6/h8-9,12-14,17H,7,10-11,15H2,1-6H3,(H,27,28). The van der Waals surface area contributed by atoms with Gasteiger partial charge in [-0.2, -0.15) is 0 Å². The molecule has 0 fully saturated rings. The largest absolute Gasteiger partial charge is 0.493 e. The van der Waals surface area contributed by atoms with Crippen LogP contribution >= 0.6 is 11.3 Å². The molecule has 0 saturated carbocycles. The van der Waals surface area contributed by atoms with Gasteiger partial charge in [0.1, 0.15) is 5.00 Å². The molecule has 33 heavy (non-hydrogen) atoms. The number of esters is 1. The molecule has 2 aromatic rings. The summed E-state index contributed by atoms with van der Waals surface area (Å²) in [4.78, 5) is 26.7. The van der Waals surface area contributed by atoms with E-state index in [9.17, 15) is 9.59 Å². The molecule has 0 bridgehead atoms. The monoisotopic (exact) mass is 471 g/mol. The molecule has 1 aromatic carbocycles. The Hall–Kier alpha value is -2.80. The minimum absolute atomic E-state index is 0.192. The number of ether oxygens (including phenoxy) is 3. The smallest absolute Gasteiger partial charge is 0.341 e. The van der Waals surface area contributed by atoms with Crippen molar-refractivity contribution in [3.8, 4) is 11.5 Å². The van der Waals surface area contributed by atoms with Crippen LogP contribution in [0, 0.1) is 11.3 Å². The van der Waals surface area contributed by atoms with Crippen LogP contribution in [0.25, 0.3) is 6.08 Å². The predicted octanol–water partition coefficient (Wildman–Crippen LogP) is 5.74. The van der Waals surface area contributed by atoms with Crippen molar-refractivity contribution in [2.45, 2.75) is 47.0 Å². The second-order valence-electron chi connectivity index (χ2n) is 9.17. The lowest BCUT2D eigenvalue weighted by Gasteiger charge is -2.33. The summed E-state index contributed by atoms with van der Waals surface area (Å²) in [5.41, 5.74) is 2.53. The van der Waals surface area contributed by atoms with E-state index in [0.29, 0.717) is 34.6 Å². The number of nitrogens with one attached hydrogen (secondary N) is 1. The molecule has 1 amide bonds. The van der Waals surface area contributed by atoms with Crippen LogP contribution in [0.2, 0.25) is 0 Å². The van der Waals surface area contributed by atoms with E-state index in [-0.39, 0.29) is 17.3 Å². The molecule has 1 aliphatic rings. The van der Waals surface area contributed by atoms with Gasteiger partial charge < -0.3 is 19.5 Å². The lowest BCUT2D eigenvalue weighted by atomic mass is 9.72. The molecular weight excluding hydrogens is 438 g/mol. The minimum atomic E-state index is -0.372. The van der Waals surface area contributed by atoms with Gasteiger partial charge in [-0.1, -0.05) is 26.8 Å². The second kappa shape index (κ2) is 10.4. The second-order valence-corrected chi connectivity index (χ2v) is 10.3. The third-order valence-electron chi connectivity index (χ3n) is 6.04. The van der Waals surface area contributed by atoms with Gasteiger partial charge >= 0.3 is 5.97 Å². The van der Waals surface area contributed by atoms with Crippen molar-refractivity contribution in [2.75, 3.05) is 26.1 Å². The summed E-state index contributed by atoms with van der Waals surface area (Å²) >= 11 is 1.49. The van der Waals surface area contributed by atoms with Crippen LogP contribution < -0.4 is 14.8 Å². The van der Waals surface area contributed by atoms with Crippen molar-refractivity contribution in [3.05, 3.63) is 45.8 Å². The number of thiophene rings is 1. The fourth-order valence-corrected chi connectivity index (χ4v) is 5.43. The molecule has 1 atom stereocenters. The summed E-state index contributed by atoms with van der Waals surface area (Å²) in [6, 6.07) is 5.42. The van der Waals surface area contributed by atoms with Gasteiger partial charge in [0, 0.05) is 11.0 Å². The molecule has 3 rings (SSSR count). The third-order valence-corrected chi connectivity index (χ3v) is 7.21. The van der Waals surface area contributed by atoms with E-state index in [4.69, 9.17) is 14.2 Å². The van der Waals surface area contributed by atoms with Crippen LogP contribution in [0.3, 0.4) is 0 Å². The van der Waals surface area contributed by atoms with Gasteiger partial charge in [-0.25, -0.2) is 4.79 Å². The number of rotatable bonds is 7. The van der Waals surface area contributed by atoms with Crippen LogP contribution in [-0.4, -0.2) is 32.7 Å². The number of hydrogen-bond acceptors (Lipinski definition) is 6. The maximum atomic E-state index is 12.8. The Kier molecular flexibility index (Phi) is 7.84. The zero-order valence-electron chi connectivity index (χ0n) is 20.2. The summed E-state index contributed by atoms with van der Waals surface area (Å²) in [6.45, 7) is 8.84. The van der Waals surface area contributed by atoms with Crippen LogP contribution in [0.5, 0.6) is 11.5 Å². The Labute approximate surface area is 199 Å². The highest BCUT2D eigenvalue weighted by molar-refractivity contribution is 7.17. The number of hydrogen-bond donors (Lipinski definition) is 1. The Balaban J connectivity index is 1.84. The van der Waals surface area contributed by atoms with Crippen molar-refractivity contribution >= 4 is 34.3 Å². The highest BCUT2D eigenvalue weighted by Gasteiger charge is 2.34. The molecule has 0 radical (unpaired) electrons. The van der Waals surface area contributed by atoms with E-state index >= 15 is 0 Å². The van der Waals surface area contributed by atoms with E-state index in [2.05, 4.69) is 26.1 Å². The van der Waals surface area contributed by atoms with Crippen LogP contribution in [0.15, 0.2) is 24.3 Å². The van der Waals surface area contributed by atoms with Crippen molar-refractivity contribution in [1.29, 1.82) is 0 Å². The van der Waals surface area contributed by atoms with Crippen LogP contribution in [0.1, 0.15) is 60.5 Å². The van der Waals surface area contributed by atoms with Crippen molar-refractivity contribution in [2.24, 2.45) is 11.3 Å². The normalized spacial score (nSPS) is 15.8. The summed E-state index contributed by atoms with van der Waals surface area (Å²) in [6.07, 6.45) is 5.90. The Bertz CT molecular complexity index is 1050. The summed E-state index contributed by atoms with van der Waals surface area (Å²) in [5.74, 6) is 1.07. The van der Waals surface area contributed by atoms with Gasteiger partial charge in [0.05, 0.1) is 26.4 Å². The number of anilines is 1. The number of carbonyl (C=O) groups is 2. The van der Waals surface area contributed by atoms with E-state index in [1.54, 1.807) is 39.4 Å². The lowest BCUT2D eigenvalue weighted by molar-refractivity contribution is -0.111. The maximum absolute atomic E-state index is 12.8. The quantitative estimate of drug-likeness (QED) is 0.411. The average molecular weight is 472 g/mol. The molecule has 178 valence electrons. The van der Waals surface area contributed by atoms with Crippen molar-refractivity contribution in [1.82, 2.24) is 0 Å². The molecule has 0 saturated heterocycles. The first-order valence-electron chi connectivity index (χ1n) is 11.2. The van der Waals surface area contributed by atoms with Gasteiger partial charge in [-0.15, -0.1) is 11.3 Å². The molecule has 1 unspecified atom stereocenters. The molecule has 0 aliphatic heterocycles. The third kappa shape index (κ3) is 5.77. The molecule has 0 spiro atoms. The SMILES string of the molecule is CCOC(=O)c1c(NC(=O)C=Cc2ccc(OC)c(OC)c2)sc2c1CCC(C(C)(C)C)C2. The zero-order valence-corrected chi connectivity index (χ0v) is 21.1. The average Bonchev–Trinajstić information content (AvgIpc) is 3.14. The van der Waals surface area contributed by atoms with Gasteiger partial charge in [0.25, 0.3) is 0 Å². The highest BCUT2D eigenvalue weighted by atomic mass is 32.1. The molecular formula is C26H33NO5S. The highest BCUT2D eigenvalue weighted by Crippen LogP contribution is 2.44. The first-order chi connectivity index (χ1) is 15.7. The zero-order chi connectivity index (χ0) is 24.2. The maximum Gasteiger partial charge on any atom is 0.341 e. The van der Waals surface area contributed by atoms with Gasteiger partial charge in [0.2, 0.25) is 5.91 Å². The Morgan fingerprint density at radius 2 is 1.91 bits per heavy atom. The molecule has 1 N–H and O–H groups in total. The molecule has 7 heteroatoms. The summed E-state index contributed by atoms with van der Waals surface area (Å²) in [5, 5.41) is 3.48. The number of amides is 1. The molecule has 1 aliphatic carbocycles. The summed E-state index contributed by atoms with van der Waals surface area (Å²) in [7, 11) is 3.14. The topological polar surface area (TPSA) is 73.9 Å². The lowest BCUT2D eigenvalue weighted by Crippen LogP contribution is -2.26. The fourth-order valence-electron chi connectivity index (χ4n) is 4.11.